The molecule has 0 bridgehead atoms. The highest BCUT2D eigenvalue weighted by atomic mass is 16.5. The Morgan fingerprint density at radius 3 is 2.55 bits per heavy atom. The van der Waals surface area contributed by atoms with Crippen LogP contribution in [0.2, 0.25) is 0 Å². The minimum Gasteiger partial charge on any atom is -0.492 e. The molecule has 0 aromatic heterocycles. The Balaban J connectivity index is 2.16. The molecule has 0 radical (unpaired) electrons. The molecule has 4 nitrogen and oxygen atoms in total. The van der Waals surface area contributed by atoms with Crippen LogP contribution in [-0.4, -0.2) is 32.7 Å². The molecule has 0 aliphatic heterocycles. The van der Waals surface area contributed by atoms with Crippen LogP contribution in [-0.2, 0) is 0 Å². The summed E-state index contributed by atoms with van der Waals surface area (Å²) in [6.07, 6.45) is 5.17. The lowest BCUT2D eigenvalue weighted by Gasteiger charge is -2.12. The van der Waals surface area contributed by atoms with E-state index in [1.807, 2.05) is 37.3 Å². The highest BCUT2D eigenvalue weighted by Gasteiger charge is 1.96. The number of aliphatic imine (C=N–C) groups is 1. The number of guanidine groups is 1. The Bertz CT molecular complexity index is 424. The molecule has 0 atom stereocenters. The van der Waals surface area contributed by atoms with Gasteiger partial charge in [-0.05, 0) is 32.4 Å². The second-order valence-corrected chi connectivity index (χ2v) is 4.44. The van der Waals surface area contributed by atoms with Crippen molar-refractivity contribution in [3.63, 3.8) is 0 Å². The van der Waals surface area contributed by atoms with Gasteiger partial charge in [-0.1, -0.05) is 29.8 Å². The van der Waals surface area contributed by atoms with Crippen molar-refractivity contribution < 1.29 is 4.74 Å². The molecule has 0 fully saturated rings. The third-order valence-corrected chi connectivity index (χ3v) is 2.75. The second kappa shape index (κ2) is 9.89. The monoisotopic (exact) mass is 275 g/mol. The van der Waals surface area contributed by atoms with Gasteiger partial charge in [-0.25, -0.2) is 0 Å². The van der Waals surface area contributed by atoms with Crippen molar-refractivity contribution in [1.82, 2.24) is 10.6 Å². The molecule has 110 valence electrons. The van der Waals surface area contributed by atoms with Gasteiger partial charge >= 0.3 is 0 Å². The number of hydrogen-bond acceptors (Lipinski definition) is 2. The normalized spacial score (nSPS) is 11.7. The SMILES string of the molecule is C/C=C/CCNC(=NC)NCCOc1ccc(C)cc1. The number of benzene rings is 1. The molecule has 0 unspecified atom stereocenters. The van der Waals surface area contributed by atoms with Gasteiger partial charge in [-0.3, -0.25) is 4.99 Å². The summed E-state index contributed by atoms with van der Waals surface area (Å²) >= 11 is 0. The first kappa shape index (κ1) is 16.1. The van der Waals surface area contributed by atoms with Crippen LogP contribution in [0.15, 0.2) is 41.4 Å². The van der Waals surface area contributed by atoms with Crippen LogP contribution in [0.3, 0.4) is 0 Å². The van der Waals surface area contributed by atoms with Gasteiger partial charge < -0.3 is 15.4 Å². The maximum Gasteiger partial charge on any atom is 0.191 e. The van der Waals surface area contributed by atoms with Crippen LogP contribution in [0.5, 0.6) is 5.75 Å². The highest BCUT2D eigenvalue weighted by molar-refractivity contribution is 5.79. The first-order chi connectivity index (χ1) is 9.76. The largest absolute Gasteiger partial charge is 0.492 e. The van der Waals surface area contributed by atoms with Crippen molar-refractivity contribution in [2.75, 3.05) is 26.7 Å². The minimum atomic E-state index is 0.610. The summed E-state index contributed by atoms with van der Waals surface area (Å²) in [7, 11) is 1.77. The van der Waals surface area contributed by atoms with Crippen molar-refractivity contribution in [1.29, 1.82) is 0 Å². The molecule has 0 spiro atoms. The van der Waals surface area contributed by atoms with Crippen molar-refractivity contribution in [3.05, 3.63) is 42.0 Å². The fourth-order valence-corrected chi connectivity index (χ4v) is 1.63. The Morgan fingerprint density at radius 2 is 1.90 bits per heavy atom. The number of ether oxygens (including phenoxy) is 1. The fraction of sp³-hybridized carbons (Fsp3) is 0.438. The van der Waals surface area contributed by atoms with Crippen LogP contribution >= 0.6 is 0 Å². The molecule has 0 aliphatic carbocycles. The molecular formula is C16H25N3O. The van der Waals surface area contributed by atoms with Crippen LogP contribution in [0.1, 0.15) is 18.9 Å². The van der Waals surface area contributed by atoms with Crippen molar-refractivity contribution >= 4 is 5.96 Å². The number of hydrogen-bond donors (Lipinski definition) is 2. The zero-order chi connectivity index (χ0) is 14.6. The quantitative estimate of drug-likeness (QED) is 0.348. The van der Waals surface area contributed by atoms with Gasteiger partial charge in [0.25, 0.3) is 0 Å². The number of nitrogens with zero attached hydrogens (tertiary/aromatic N) is 1. The number of aryl methyl sites for hydroxylation is 1. The zero-order valence-corrected chi connectivity index (χ0v) is 12.6. The summed E-state index contributed by atoms with van der Waals surface area (Å²) in [4.78, 5) is 4.16. The summed E-state index contributed by atoms with van der Waals surface area (Å²) in [6.45, 7) is 6.29. The van der Waals surface area contributed by atoms with Gasteiger partial charge in [0.05, 0.1) is 6.54 Å². The Labute approximate surface area is 121 Å². The maximum absolute atomic E-state index is 5.64. The lowest BCUT2D eigenvalue weighted by Crippen LogP contribution is -2.39. The van der Waals surface area contributed by atoms with E-state index in [0.29, 0.717) is 6.61 Å². The van der Waals surface area contributed by atoms with E-state index in [0.717, 1.165) is 31.2 Å². The molecule has 0 heterocycles. The second-order valence-electron chi connectivity index (χ2n) is 4.44. The lowest BCUT2D eigenvalue weighted by molar-refractivity contribution is 0.322. The smallest absolute Gasteiger partial charge is 0.191 e. The molecule has 0 amide bonds. The van der Waals surface area contributed by atoms with E-state index in [1.54, 1.807) is 7.05 Å². The van der Waals surface area contributed by atoms with Gasteiger partial charge in [0, 0.05) is 13.6 Å². The van der Waals surface area contributed by atoms with Crippen LogP contribution < -0.4 is 15.4 Å². The van der Waals surface area contributed by atoms with E-state index >= 15 is 0 Å². The van der Waals surface area contributed by atoms with E-state index in [4.69, 9.17) is 4.74 Å². The molecule has 1 rings (SSSR count). The zero-order valence-electron chi connectivity index (χ0n) is 12.6. The molecule has 0 saturated carbocycles. The first-order valence-corrected chi connectivity index (χ1v) is 7.01. The standard InChI is InChI=1S/C16H25N3O/c1-4-5-6-11-18-16(17-3)19-12-13-20-15-9-7-14(2)8-10-15/h4-5,7-10H,6,11-13H2,1-3H3,(H2,17,18,19)/b5-4+. The third kappa shape index (κ3) is 6.83. The topological polar surface area (TPSA) is 45.7 Å². The number of allylic oxidation sites excluding steroid dienone is 1. The first-order valence-electron chi connectivity index (χ1n) is 7.01. The molecule has 2 N–H and O–H groups in total. The Morgan fingerprint density at radius 1 is 1.20 bits per heavy atom. The van der Waals surface area contributed by atoms with E-state index in [-0.39, 0.29) is 0 Å². The molecule has 4 heteroatoms. The van der Waals surface area contributed by atoms with Crippen LogP contribution in [0.25, 0.3) is 0 Å². The van der Waals surface area contributed by atoms with Gasteiger partial charge in [-0.15, -0.1) is 0 Å². The third-order valence-electron chi connectivity index (χ3n) is 2.75. The number of nitrogens with one attached hydrogen (secondary N) is 2. The predicted octanol–water partition coefficient (Wildman–Crippen LogP) is 2.51. The summed E-state index contributed by atoms with van der Waals surface area (Å²) in [5.41, 5.74) is 1.24. The lowest BCUT2D eigenvalue weighted by atomic mass is 10.2. The van der Waals surface area contributed by atoms with Gasteiger partial charge in [-0.2, -0.15) is 0 Å². The van der Waals surface area contributed by atoms with Crippen molar-refractivity contribution in [2.24, 2.45) is 4.99 Å². The Hall–Kier alpha value is -1.97. The molecule has 0 saturated heterocycles. The molecular weight excluding hydrogens is 250 g/mol. The summed E-state index contributed by atoms with van der Waals surface area (Å²) in [5, 5.41) is 6.46. The van der Waals surface area contributed by atoms with E-state index < -0.39 is 0 Å². The minimum absolute atomic E-state index is 0.610. The summed E-state index contributed by atoms with van der Waals surface area (Å²) in [6, 6.07) is 8.06. The summed E-state index contributed by atoms with van der Waals surface area (Å²) in [5.74, 6) is 1.70. The maximum atomic E-state index is 5.64. The molecule has 20 heavy (non-hydrogen) atoms. The van der Waals surface area contributed by atoms with Crippen LogP contribution in [0, 0.1) is 6.92 Å². The van der Waals surface area contributed by atoms with Gasteiger partial charge in [0.1, 0.15) is 12.4 Å². The van der Waals surface area contributed by atoms with Crippen LogP contribution in [0.4, 0.5) is 0 Å². The van der Waals surface area contributed by atoms with Gasteiger partial charge in [0.15, 0.2) is 5.96 Å². The van der Waals surface area contributed by atoms with E-state index in [9.17, 15) is 0 Å². The van der Waals surface area contributed by atoms with E-state index in [1.165, 1.54) is 5.56 Å². The summed E-state index contributed by atoms with van der Waals surface area (Å²) < 4.78 is 5.64. The van der Waals surface area contributed by atoms with Crippen molar-refractivity contribution in [2.45, 2.75) is 20.3 Å². The fourth-order valence-electron chi connectivity index (χ4n) is 1.63. The van der Waals surface area contributed by atoms with Crippen molar-refractivity contribution in [3.8, 4) is 5.75 Å². The van der Waals surface area contributed by atoms with Gasteiger partial charge in [0.2, 0.25) is 0 Å². The number of rotatable bonds is 7. The molecule has 1 aromatic rings. The predicted molar refractivity (Wildman–Crippen MR) is 85.5 cm³/mol. The molecule has 1 aromatic carbocycles. The average Bonchev–Trinajstić information content (AvgIpc) is 2.47. The highest BCUT2D eigenvalue weighted by Crippen LogP contribution is 2.10. The average molecular weight is 275 g/mol. The Kier molecular flexibility index (Phi) is 7.96. The van der Waals surface area contributed by atoms with E-state index in [2.05, 4.69) is 28.6 Å². The molecule has 0 aliphatic rings.